The van der Waals surface area contributed by atoms with Gasteiger partial charge in [0.25, 0.3) is 0 Å². The van der Waals surface area contributed by atoms with Gasteiger partial charge in [-0.25, -0.2) is 0 Å². The van der Waals surface area contributed by atoms with Crippen molar-refractivity contribution in [3.8, 4) is 0 Å². The van der Waals surface area contributed by atoms with Crippen molar-refractivity contribution in [1.29, 1.82) is 0 Å². The number of Topliss-reactive ketones (excluding diaryl/α,β-unsaturated/α-hetero) is 1. The van der Waals surface area contributed by atoms with E-state index in [9.17, 15) is 14.4 Å². The van der Waals surface area contributed by atoms with Crippen LogP contribution in [0, 0.1) is 0 Å². The molecular weight excluding hydrogens is 404 g/mol. The van der Waals surface area contributed by atoms with Gasteiger partial charge in [-0.15, -0.1) is 0 Å². The SMILES string of the molecule is CCCCC(=O)CCCCCCCCCCCCC(=O)N1CCN(CCCC(=O)O)CC1. The lowest BCUT2D eigenvalue weighted by Crippen LogP contribution is -2.48. The van der Waals surface area contributed by atoms with Crippen molar-refractivity contribution in [2.75, 3.05) is 32.7 Å². The van der Waals surface area contributed by atoms with Crippen LogP contribution in [0.25, 0.3) is 0 Å². The number of amides is 1. The molecule has 0 bridgehead atoms. The maximum Gasteiger partial charge on any atom is 0.303 e. The Morgan fingerprint density at radius 2 is 1.12 bits per heavy atom. The largest absolute Gasteiger partial charge is 0.481 e. The third-order valence-corrected chi connectivity index (χ3v) is 6.50. The standard InChI is InChI=1S/C26H48N2O4/c1-2-3-15-24(29)16-12-10-8-6-4-5-7-9-11-13-17-25(30)28-22-20-27(21-23-28)19-14-18-26(31)32/h2-23H2,1H3,(H,31,32). The van der Waals surface area contributed by atoms with E-state index < -0.39 is 5.97 Å². The number of carboxylic acids is 1. The molecule has 1 aliphatic heterocycles. The van der Waals surface area contributed by atoms with E-state index in [0.717, 1.165) is 77.7 Å². The number of carbonyl (C=O) groups is 3. The molecule has 0 aromatic carbocycles. The number of rotatable bonds is 20. The van der Waals surface area contributed by atoms with Gasteiger partial charge < -0.3 is 10.0 Å². The lowest BCUT2D eigenvalue weighted by Gasteiger charge is -2.34. The summed E-state index contributed by atoms with van der Waals surface area (Å²) < 4.78 is 0. The second-order valence-electron chi connectivity index (χ2n) is 9.40. The molecule has 0 aromatic rings. The van der Waals surface area contributed by atoms with Gasteiger partial charge in [0.05, 0.1) is 0 Å². The van der Waals surface area contributed by atoms with Gasteiger partial charge in [-0.2, -0.15) is 0 Å². The number of unbranched alkanes of at least 4 members (excludes halogenated alkanes) is 10. The number of hydrogen-bond donors (Lipinski definition) is 1. The Hall–Kier alpha value is -1.43. The Morgan fingerprint density at radius 3 is 1.66 bits per heavy atom. The van der Waals surface area contributed by atoms with Crippen LogP contribution >= 0.6 is 0 Å². The molecule has 1 rings (SSSR count). The van der Waals surface area contributed by atoms with E-state index in [4.69, 9.17) is 5.11 Å². The Balaban J connectivity index is 1.87. The lowest BCUT2D eigenvalue weighted by atomic mass is 10.0. The number of piperazine rings is 1. The van der Waals surface area contributed by atoms with Gasteiger partial charge in [0.15, 0.2) is 0 Å². The quantitative estimate of drug-likeness (QED) is 0.249. The normalized spacial score (nSPS) is 14.6. The van der Waals surface area contributed by atoms with Crippen LogP contribution < -0.4 is 0 Å². The average molecular weight is 453 g/mol. The number of carboxylic acid groups (broad SMARTS) is 1. The molecule has 0 aromatic heterocycles. The molecule has 0 aliphatic carbocycles. The summed E-state index contributed by atoms with van der Waals surface area (Å²) in [5.41, 5.74) is 0. The van der Waals surface area contributed by atoms with Crippen molar-refractivity contribution in [1.82, 2.24) is 9.80 Å². The zero-order valence-corrected chi connectivity index (χ0v) is 20.6. The molecule has 1 N–H and O–H groups in total. The van der Waals surface area contributed by atoms with Crippen LogP contribution in [0.1, 0.15) is 116 Å². The highest BCUT2D eigenvalue weighted by Gasteiger charge is 2.20. The van der Waals surface area contributed by atoms with Crippen molar-refractivity contribution in [2.24, 2.45) is 0 Å². The van der Waals surface area contributed by atoms with E-state index in [2.05, 4.69) is 11.8 Å². The van der Waals surface area contributed by atoms with E-state index in [1.54, 1.807) is 0 Å². The maximum absolute atomic E-state index is 12.4. The van der Waals surface area contributed by atoms with Crippen molar-refractivity contribution in [3.05, 3.63) is 0 Å². The topological polar surface area (TPSA) is 77.9 Å². The molecule has 0 atom stereocenters. The fraction of sp³-hybridized carbons (Fsp3) is 0.885. The van der Waals surface area contributed by atoms with Gasteiger partial charge in [0.2, 0.25) is 5.91 Å². The van der Waals surface area contributed by atoms with Crippen molar-refractivity contribution in [2.45, 2.75) is 116 Å². The highest BCUT2D eigenvalue weighted by molar-refractivity contribution is 5.78. The molecule has 6 nitrogen and oxygen atoms in total. The fourth-order valence-electron chi connectivity index (χ4n) is 4.34. The van der Waals surface area contributed by atoms with Gasteiger partial charge in [-0.1, -0.05) is 64.7 Å². The summed E-state index contributed by atoms with van der Waals surface area (Å²) in [6, 6.07) is 0. The number of ketones is 1. The van der Waals surface area contributed by atoms with Crippen LogP contribution in [0.15, 0.2) is 0 Å². The Labute approximate surface area is 196 Å². The zero-order valence-electron chi connectivity index (χ0n) is 20.6. The zero-order chi connectivity index (χ0) is 23.4. The molecule has 1 saturated heterocycles. The smallest absolute Gasteiger partial charge is 0.303 e. The summed E-state index contributed by atoms with van der Waals surface area (Å²) in [6.07, 6.45) is 17.3. The molecule has 32 heavy (non-hydrogen) atoms. The third-order valence-electron chi connectivity index (χ3n) is 6.50. The fourth-order valence-corrected chi connectivity index (χ4v) is 4.34. The minimum Gasteiger partial charge on any atom is -0.481 e. The molecule has 1 amide bonds. The third kappa shape index (κ3) is 15.4. The van der Waals surface area contributed by atoms with Crippen LogP contribution in [0.3, 0.4) is 0 Å². The van der Waals surface area contributed by atoms with E-state index in [-0.39, 0.29) is 12.3 Å². The van der Waals surface area contributed by atoms with Crippen LogP contribution in [0.2, 0.25) is 0 Å². The summed E-state index contributed by atoms with van der Waals surface area (Å²) in [7, 11) is 0. The van der Waals surface area contributed by atoms with Crippen LogP contribution in [-0.2, 0) is 14.4 Å². The number of hydrogen-bond acceptors (Lipinski definition) is 4. The molecule has 0 radical (unpaired) electrons. The monoisotopic (exact) mass is 452 g/mol. The van der Waals surface area contributed by atoms with Gasteiger partial charge in [0, 0.05) is 51.9 Å². The average Bonchev–Trinajstić information content (AvgIpc) is 2.78. The highest BCUT2D eigenvalue weighted by Crippen LogP contribution is 2.14. The number of aliphatic carboxylic acids is 1. The molecule has 1 aliphatic rings. The molecule has 0 saturated carbocycles. The van der Waals surface area contributed by atoms with Crippen LogP contribution in [0.5, 0.6) is 0 Å². The first-order valence-corrected chi connectivity index (χ1v) is 13.3. The van der Waals surface area contributed by atoms with E-state index >= 15 is 0 Å². The van der Waals surface area contributed by atoms with Crippen LogP contribution in [0.4, 0.5) is 0 Å². The van der Waals surface area contributed by atoms with Gasteiger partial charge >= 0.3 is 5.97 Å². The molecule has 186 valence electrons. The molecule has 1 fully saturated rings. The van der Waals surface area contributed by atoms with Crippen molar-refractivity contribution in [3.63, 3.8) is 0 Å². The molecular formula is C26H48N2O4. The highest BCUT2D eigenvalue weighted by atomic mass is 16.4. The summed E-state index contributed by atoms with van der Waals surface area (Å²) in [5, 5.41) is 8.72. The predicted molar refractivity (Wildman–Crippen MR) is 130 cm³/mol. The Morgan fingerprint density at radius 1 is 0.625 bits per heavy atom. The number of nitrogens with zero attached hydrogens (tertiary/aromatic N) is 2. The summed E-state index contributed by atoms with van der Waals surface area (Å²) in [4.78, 5) is 38.8. The second kappa shape index (κ2) is 19.1. The Bertz CT molecular complexity index is 516. The lowest BCUT2D eigenvalue weighted by molar-refractivity contribution is -0.137. The Kier molecular flexibility index (Phi) is 17.1. The molecule has 0 spiro atoms. The first kappa shape index (κ1) is 28.6. The van der Waals surface area contributed by atoms with Gasteiger partial charge in [-0.05, 0) is 32.2 Å². The van der Waals surface area contributed by atoms with E-state index in [1.165, 1.54) is 44.9 Å². The van der Waals surface area contributed by atoms with Crippen molar-refractivity contribution >= 4 is 17.7 Å². The summed E-state index contributed by atoms with van der Waals surface area (Å²) in [6.45, 7) is 6.22. The van der Waals surface area contributed by atoms with Gasteiger partial charge in [0.1, 0.15) is 5.78 Å². The molecule has 6 heteroatoms. The maximum atomic E-state index is 12.4. The predicted octanol–water partition coefficient (Wildman–Crippen LogP) is 5.44. The summed E-state index contributed by atoms with van der Waals surface area (Å²) >= 11 is 0. The minimum absolute atomic E-state index is 0.223. The van der Waals surface area contributed by atoms with Gasteiger partial charge in [-0.3, -0.25) is 19.3 Å². The number of carbonyl (C=O) groups excluding carboxylic acids is 2. The van der Waals surface area contributed by atoms with E-state index in [0.29, 0.717) is 18.6 Å². The second-order valence-corrected chi connectivity index (χ2v) is 9.40. The van der Waals surface area contributed by atoms with Crippen LogP contribution in [-0.4, -0.2) is 65.3 Å². The summed E-state index contributed by atoms with van der Waals surface area (Å²) in [5.74, 6) is -0.00927. The first-order chi connectivity index (χ1) is 15.5. The molecule has 1 heterocycles. The minimum atomic E-state index is -0.735. The van der Waals surface area contributed by atoms with Crippen molar-refractivity contribution < 1.29 is 19.5 Å². The molecule has 0 unspecified atom stereocenters. The first-order valence-electron chi connectivity index (χ1n) is 13.3. The van der Waals surface area contributed by atoms with E-state index in [1.807, 2.05) is 4.90 Å².